The van der Waals surface area contributed by atoms with Gasteiger partial charge in [0.25, 0.3) is 0 Å². The van der Waals surface area contributed by atoms with Crippen LogP contribution in [0.1, 0.15) is 83.4 Å². The first-order valence-electron chi connectivity index (χ1n) is 18.9. The summed E-state index contributed by atoms with van der Waals surface area (Å²) in [6.07, 6.45) is 3.73. The molecule has 0 spiro atoms. The monoisotopic (exact) mass is 739 g/mol. The molecular formula is C43H57N5O4S. The first kappa shape index (κ1) is 41.2. The maximum atomic E-state index is 14.1. The standard InChI is InChI=1S/C43H57N5O4S/c1-28(2)25-35(38(49)43(6)23-24-43)45-41(52)37(27-32-15-11-8-12-16-32)47-40(51)36(26-29(3)4)46-39(50)34(22-19-31-13-9-7-10-14-31)48-42(53)44-33-20-17-30(5)18-21-33/h7-18,20-21,28-29,34-37H,19,22-27H2,1-6H3,(H,45,52)(H,46,50)(H,47,51)(H2,44,48,53)/t34-,35-,36-,37-/m0/s1. The summed E-state index contributed by atoms with van der Waals surface area (Å²) in [5.41, 5.74) is 3.42. The van der Waals surface area contributed by atoms with E-state index in [9.17, 15) is 19.2 Å². The average Bonchev–Trinajstić information content (AvgIpc) is 3.88. The number of carbonyl (C=O) groups is 4. The third kappa shape index (κ3) is 13.4. The van der Waals surface area contributed by atoms with E-state index in [1.807, 2.05) is 126 Å². The second kappa shape index (κ2) is 19.5. The Balaban J connectivity index is 1.53. The van der Waals surface area contributed by atoms with Gasteiger partial charge < -0.3 is 26.6 Å². The number of nitrogens with one attached hydrogen (secondary N) is 5. The minimum Gasteiger partial charge on any atom is -0.351 e. The van der Waals surface area contributed by atoms with Crippen LogP contribution in [-0.4, -0.2) is 52.8 Å². The molecule has 53 heavy (non-hydrogen) atoms. The zero-order valence-corrected chi connectivity index (χ0v) is 32.9. The summed E-state index contributed by atoms with van der Waals surface area (Å²) < 4.78 is 0. The lowest BCUT2D eigenvalue weighted by atomic mass is 9.91. The van der Waals surface area contributed by atoms with Crippen LogP contribution in [0.2, 0.25) is 0 Å². The van der Waals surface area contributed by atoms with Gasteiger partial charge in [0.1, 0.15) is 18.1 Å². The molecule has 0 heterocycles. The number of hydrogen-bond acceptors (Lipinski definition) is 5. The van der Waals surface area contributed by atoms with Gasteiger partial charge in [-0.3, -0.25) is 19.2 Å². The number of hydrogen-bond donors (Lipinski definition) is 5. The Labute approximate surface area is 320 Å². The molecule has 1 aliphatic rings. The summed E-state index contributed by atoms with van der Waals surface area (Å²) in [6, 6.07) is 23.8. The molecule has 1 aliphatic carbocycles. The predicted octanol–water partition coefficient (Wildman–Crippen LogP) is 6.44. The molecule has 1 saturated carbocycles. The fourth-order valence-corrected chi connectivity index (χ4v) is 6.58. The Kier molecular flexibility index (Phi) is 15.1. The van der Waals surface area contributed by atoms with Gasteiger partial charge in [-0.1, -0.05) is 113 Å². The molecule has 4 rings (SSSR count). The second-order valence-corrected chi connectivity index (χ2v) is 16.0. The fourth-order valence-electron chi connectivity index (χ4n) is 6.32. The Morgan fingerprint density at radius 2 is 1.13 bits per heavy atom. The van der Waals surface area contributed by atoms with Gasteiger partial charge in [0, 0.05) is 17.5 Å². The third-order valence-electron chi connectivity index (χ3n) is 9.69. The van der Waals surface area contributed by atoms with Crippen LogP contribution >= 0.6 is 12.2 Å². The van der Waals surface area contributed by atoms with E-state index in [4.69, 9.17) is 12.2 Å². The third-order valence-corrected chi connectivity index (χ3v) is 9.91. The number of anilines is 1. The summed E-state index contributed by atoms with van der Waals surface area (Å²) in [5.74, 6) is -0.985. The van der Waals surface area contributed by atoms with E-state index in [2.05, 4.69) is 26.6 Å². The first-order valence-corrected chi connectivity index (χ1v) is 19.3. The zero-order chi connectivity index (χ0) is 38.5. The minimum atomic E-state index is -0.968. The Bertz CT molecular complexity index is 1680. The molecule has 1 fully saturated rings. The molecule has 5 N–H and O–H groups in total. The van der Waals surface area contributed by atoms with Crippen molar-refractivity contribution in [2.24, 2.45) is 17.3 Å². The quantitative estimate of drug-likeness (QED) is 0.0896. The molecule has 0 saturated heterocycles. The number of rotatable bonds is 19. The summed E-state index contributed by atoms with van der Waals surface area (Å²) in [4.78, 5) is 55.7. The summed E-state index contributed by atoms with van der Waals surface area (Å²) in [6.45, 7) is 12.0. The Hall–Kier alpha value is -4.57. The molecule has 9 nitrogen and oxygen atoms in total. The van der Waals surface area contributed by atoms with Gasteiger partial charge in [-0.25, -0.2) is 0 Å². The van der Waals surface area contributed by atoms with Crippen LogP contribution < -0.4 is 26.6 Å². The van der Waals surface area contributed by atoms with Gasteiger partial charge in [0.15, 0.2) is 10.9 Å². The van der Waals surface area contributed by atoms with Crippen LogP contribution in [0.5, 0.6) is 0 Å². The van der Waals surface area contributed by atoms with E-state index < -0.39 is 41.4 Å². The van der Waals surface area contributed by atoms with Crippen LogP contribution in [0.25, 0.3) is 0 Å². The van der Waals surface area contributed by atoms with Crippen molar-refractivity contribution in [2.75, 3.05) is 5.32 Å². The highest BCUT2D eigenvalue weighted by atomic mass is 32.1. The molecule has 0 unspecified atom stereocenters. The largest absolute Gasteiger partial charge is 0.351 e. The van der Waals surface area contributed by atoms with Crippen molar-refractivity contribution in [2.45, 2.75) is 111 Å². The maximum Gasteiger partial charge on any atom is 0.243 e. The topological polar surface area (TPSA) is 128 Å². The van der Waals surface area contributed by atoms with Gasteiger partial charge in [-0.15, -0.1) is 0 Å². The molecule has 3 aromatic carbocycles. The smallest absolute Gasteiger partial charge is 0.243 e. The minimum absolute atomic E-state index is 0.0399. The number of benzene rings is 3. The van der Waals surface area contributed by atoms with Crippen molar-refractivity contribution >= 4 is 46.5 Å². The molecule has 0 aromatic heterocycles. The first-order chi connectivity index (χ1) is 25.2. The summed E-state index contributed by atoms with van der Waals surface area (Å²) >= 11 is 5.63. The van der Waals surface area contributed by atoms with Crippen LogP contribution in [0, 0.1) is 24.2 Å². The SMILES string of the molecule is Cc1ccc(NC(=S)N[C@@H](CCc2ccccc2)C(=O)N[C@@H](CC(C)C)C(=O)N[C@@H](Cc2ccccc2)C(=O)N[C@@H](CC(C)C)C(=O)C2(C)CC2)cc1. The van der Waals surface area contributed by atoms with Crippen LogP contribution in [0.3, 0.4) is 0 Å². The lowest BCUT2D eigenvalue weighted by molar-refractivity contribution is -0.134. The highest BCUT2D eigenvalue weighted by Gasteiger charge is 2.48. The van der Waals surface area contributed by atoms with Crippen LogP contribution in [-0.2, 0) is 32.0 Å². The van der Waals surface area contributed by atoms with E-state index in [0.29, 0.717) is 25.7 Å². The van der Waals surface area contributed by atoms with Gasteiger partial charge >= 0.3 is 0 Å². The highest BCUT2D eigenvalue weighted by molar-refractivity contribution is 7.80. The predicted molar refractivity (Wildman–Crippen MR) is 216 cm³/mol. The Morgan fingerprint density at radius 1 is 0.642 bits per heavy atom. The number of thiocarbonyl (C=S) groups is 1. The molecule has 4 atom stereocenters. The number of carbonyl (C=O) groups excluding carboxylic acids is 4. The Morgan fingerprint density at radius 3 is 1.70 bits per heavy atom. The lowest BCUT2D eigenvalue weighted by Crippen LogP contribution is -2.59. The van der Waals surface area contributed by atoms with E-state index in [1.165, 1.54) is 0 Å². The fraction of sp³-hybridized carbons (Fsp3) is 0.465. The van der Waals surface area contributed by atoms with Gasteiger partial charge in [-0.2, -0.15) is 0 Å². The zero-order valence-electron chi connectivity index (χ0n) is 32.0. The number of amides is 3. The number of aryl methyl sites for hydroxylation is 2. The van der Waals surface area contributed by atoms with Crippen molar-refractivity contribution in [3.8, 4) is 0 Å². The lowest BCUT2D eigenvalue weighted by Gasteiger charge is -2.28. The molecule has 10 heteroatoms. The molecule has 0 bridgehead atoms. The van der Waals surface area contributed by atoms with Crippen LogP contribution in [0.15, 0.2) is 84.9 Å². The molecule has 0 aliphatic heterocycles. The molecular weight excluding hydrogens is 683 g/mol. The van der Waals surface area contributed by atoms with E-state index in [0.717, 1.165) is 35.2 Å². The molecule has 3 amide bonds. The second-order valence-electron chi connectivity index (χ2n) is 15.6. The van der Waals surface area contributed by atoms with E-state index in [-0.39, 0.29) is 35.1 Å². The van der Waals surface area contributed by atoms with E-state index >= 15 is 0 Å². The van der Waals surface area contributed by atoms with Crippen LogP contribution in [0.4, 0.5) is 5.69 Å². The summed E-state index contributed by atoms with van der Waals surface area (Å²) in [5, 5.41) is 15.6. The number of Topliss-reactive ketones (excluding diaryl/α,β-unsaturated/α-hetero) is 1. The normalized spacial score (nSPS) is 15.4. The van der Waals surface area contributed by atoms with Crippen molar-refractivity contribution in [1.29, 1.82) is 0 Å². The van der Waals surface area contributed by atoms with Crippen molar-refractivity contribution in [3.05, 3.63) is 102 Å². The highest BCUT2D eigenvalue weighted by Crippen LogP contribution is 2.47. The molecule has 3 aromatic rings. The summed E-state index contributed by atoms with van der Waals surface area (Å²) in [7, 11) is 0. The molecule has 284 valence electrons. The van der Waals surface area contributed by atoms with Crippen molar-refractivity contribution < 1.29 is 19.2 Å². The average molecular weight is 740 g/mol. The van der Waals surface area contributed by atoms with E-state index in [1.54, 1.807) is 0 Å². The molecule has 0 radical (unpaired) electrons. The maximum absolute atomic E-state index is 14.1. The van der Waals surface area contributed by atoms with Gasteiger partial charge in [0.05, 0.1) is 6.04 Å². The van der Waals surface area contributed by atoms with Gasteiger partial charge in [-0.05, 0) is 92.8 Å². The number of ketones is 1. The van der Waals surface area contributed by atoms with Crippen molar-refractivity contribution in [1.82, 2.24) is 21.3 Å². The van der Waals surface area contributed by atoms with Gasteiger partial charge in [0.2, 0.25) is 17.7 Å². The van der Waals surface area contributed by atoms with Crippen molar-refractivity contribution in [3.63, 3.8) is 0 Å².